The molecule has 0 rings (SSSR count). The molecule has 0 saturated heterocycles. The fraction of sp³-hybridized carbons (Fsp3) is 0.710. The van der Waals surface area contributed by atoms with Crippen LogP contribution in [0.5, 0.6) is 0 Å². The number of nitrogens with one attached hydrogen (secondary N) is 6. The summed E-state index contributed by atoms with van der Waals surface area (Å²) < 4.78 is 0. The van der Waals surface area contributed by atoms with Crippen LogP contribution in [0, 0.1) is 11.8 Å². The summed E-state index contributed by atoms with van der Waals surface area (Å²) in [5.74, 6) is -8.37. The van der Waals surface area contributed by atoms with Gasteiger partial charge in [-0.1, -0.05) is 27.7 Å². The minimum absolute atomic E-state index is 0.0675. The second-order valence-electron chi connectivity index (χ2n) is 13.3. The van der Waals surface area contributed by atoms with Gasteiger partial charge in [-0.05, 0) is 44.4 Å². The van der Waals surface area contributed by atoms with Crippen LogP contribution in [0.2, 0.25) is 0 Å². The van der Waals surface area contributed by atoms with Crippen molar-refractivity contribution in [2.24, 2.45) is 39.8 Å². The quantitative estimate of drug-likeness (QED) is 0.0234. The van der Waals surface area contributed by atoms with E-state index in [2.05, 4.69) is 36.9 Å². The Morgan fingerprint density at radius 1 is 0.679 bits per heavy atom. The number of carboxylic acids is 1. The minimum atomic E-state index is -1.72. The van der Waals surface area contributed by atoms with Crippen molar-refractivity contribution in [1.29, 1.82) is 0 Å². The zero-order valence-corrected chi connectivity index (χ0v) is 30.7. The Morgan fingerprint density at radius 3 is 1.70 bits per heavy atom. The number of hydrogen-bond donors (Lipinski definition) is 13. The molecule has 0 aromatic heterocycles. The van der Waals surface area contributed by atoms with E-state index in [-0.39, 0.29) is 43.6 Å². The zero-order chi connectivity index (χ0) is 41.0. The first-order chi connectivity index (χ1) is 24.6. The van der Waals surface area contributed by atoms with Gasteiger partial charge in [0.05, 0.1) is 31.7 Å². The first-order valence-corrected chi connectivity index (χ1v) is 17.0. The van der Waals surface area contributed by atoms with Gasteiger partial charge in [-0.25, -0.2) is 4.79 Å². The highest BCUT2D eigenvalue weighted by Crippen LogP contribution is 2.09. The van der Waals surface area contributed by atoms with Gasteiger partial charge in [-0.15, -0.1) is 0 Å². The lowest BCUT2D eigenvalue weighted by Crippen LogP contribution is -2.60. The average molecular weight is 760 g/mol. The molecule has 0 unspecified atom stereocenters. The molecule has 0 spiro atoms. The van der Waals surface area contributed by atoms with E-state index in [1.165, 1.54) is 6.92 Å². The number of amides is 7. The maximum atomic E-state index is 13.2. The van der Waals surface area contributed by atoms with Gasteiger partial charge >= 0.3 is 5.97 Å². The van der Waals surface area contributed by atoms with E-state index in [1.807, 2.05) is 13.8 Å². The maximum absolute atomic E-state index is 13.2. The Morgan fingerprint density at radius 2 is 1.21 bits per heavy atom. The Balaban J connectivity index is 5.57. The second kappa shape index (κ2) is 24.2. The summed E-state index contributed by atoms with van der Waals surface area (Å²) >= 11 is 0. The smallest absolute Gasteiger partial charge is 0.326 e. The Hall–Kier alpha value is -5.09. The molecule has 7 amide bonds. The van der Waals surface area contributed by atoms with Gasteiger partial charge in [0.1, 0.15) is 30.2 Å². The van der Waals surface area contributed by atoms with Crippen LogP contribution in [-0.2, 0) is 38.4 Å². The third-order valence-electron chi connectivity index (χ3n) is 7.32. The molecule has 0 aliphatic rings. The number of nitrogens with zero attached hydrogens (tertiary/aromatic N) is 1. The highest BCUT2D eigenvalue weighted by Gasteiger charge is 2.33. The van der Waals surface area contributed by atoms with E-state index in [0.717, 1.165) is 0 Å². The fourth-order valence-corrected chi connectivity index (χ4v) is 4.69. The van der Waals surface area contributed by atoms with E-state index in [0.29, 0.717) is 6.42 Å². The number of rotatable bonds is 25. The topological polar surface area (TPSA) is 386 Å². The maximum Gasteiger partial charge on any atom is 0.326 e. The summed E-state index contributed by atoms with van der Waals surface area (Å²) in [4.78, 5) is 104. The number of carbonyl (C=O) groups excluding carboxylic acids is 7. The van der Waals surface area contributed by atoms with Crippen LogP contribution in [0.4, 0.5) is 0 Å². The lowest BCUT2D eigenvalue weighted by Gasteiger charge is -2.26. The number of primary amides is 1. The molecule has 0 fully saturated rings. The molecule has 0 heterocycles. The van der Waals surface area contributed by atoms with Gasteiger partial charge in [0.25, 0.3) is 0 Å². The molecule has 53 heavy (non-hydrogen) atoms. The molecular formula is C31H57N11O11. The molecule has 0 aliphatic heterocycles. The van der Waals surface area contributed by atoms with Crippen LogP contribution in [0.1, 0.15) is 66.7 Å². The second-order valence-corrected chi connectivity index (χ2v) is 13.3. The molecule has 0 aromatic rings. The normalized spacial score (nSPS) is 15.0. The highest BCUT2D eigenvalue weighted by atomic mass is 16.4. The number of aliphatic hydroxyl groups is 2. The summed E-state index contributed by atoms with van der Waals surface area (Å²) in [6.07, 6.45) is -1.69. The number of carboxylic acid groups (broad SMARTS) is 1. The average Bonchev–Trinajstić information content (AvgIpc) is 3.04. The predicted molar refractivity (Wildman–Crippen MR) is 190 cm³/mol. The van der Waals surface area contributed by atoms with Crippen LogP contribution in [0.15, 0.2) is 4.99 Å². The number of nitrogens with two attached hydrogens (primary N) is 4. The fourth-order valence-electron chi connectivity index (χ4n) is 4.69. The number of hydrogen-bond acceptors (Lipinski definition) is 12. The summed E-state index contributed by atoms with van der Waals surface area (Å²) in [6.45, 7) is 6.78. The number of carbonyl (C=O) groups is 8. The summed E-state index contributed by atoms with van der Waals surface area (Å²) in [6, 6.07) is -8.48. The van der Waals surface area contributed by atoms with Gasteiger partial charge in [0.15, 0.2) is 5.96 Å². The van der Waals surface area contributed by atoms with Crippen LogP contribution >= 0.6 is 0 Å². The van der Waals surface area contributed by atoms with Crippen molar-refractivity contribution in [3.8, 4) is 0 Å². The van der Waals surface area contributed by atoms with Crippen LogP contribution < -0.4 is 54.8 Å². The number of aliphatic carboxylic acids is 1. The summed E-state index contributed by atoms with van der Waals surface area (Å²) in [7, 11) is 0. The number of aliphatic hydroxyl groups excluding tert-OH is 2. The zero-order valence-electron chi connectivity index (χ0n) is 30.7. The Labute approximate surface area is 307 Å². The Kier molecular flexibility index (Phi) is 21.9. The van der Waals surface area contributed by atoms with Crippen LogP contribution in [-0.4, -0.2) is 131 Å². The lowest BCUT2D eigenvalue weighted by atomic mass is 10.00. The monoisotopic (exact) mass is 759 g/mol. The van der Waals surface area contributed by atoms with Crippen LogP contribution in [0.3, 0.4) is 0 Å². The molecule has 17 N–H and O–H groups in total. The summed E-state index contributed by atoms with van der Waals surface area (Å²) in [5, 5.41) is 43.0. The summed E-state index contributed by atoms with van der Waals surface area (Å²) in [5.41, 5.74) is 21.6. The highest BCUT2D eigenvalue weighted by molar-refractivity contribution is 5.97. The van der Waals surface area contributed by atoms with Gasteiger partial charge in [-0.3, -0.25) is 38.6 Å². The largest absolute Gasteiger partial charge is 0.480 e. The molecule has 22 nitrogen and oxygen atoms in total. The van der Waals surface area contributed by atoms with E-state index in [9.17, 15) is 53.7 Å². The van der Waals surface area contributed by atoms with Gasteiger partial charge < -0.3 is 70.2 Å². The molecule has 302 valence electrons. The molecule has 22 heteroatoms. The Bertz CT molecular complexity index is 1310. The van der Waals surface area contributed by atoms with E-state index in [1.54, 1.807) is 13.8 Å². The predicted octanol–water partition coefficient (Wildman–Crippen LogP) is -5.67. The molecular weight excluding hydrogens is 702 g/mol. The van der Waals surface area contributed by atoms with Gasteiger partial charge in [0, 0.05) is 6.54 Å². The molecule has 7 atom stereocenters. The molecule has 0 aromatic carbocycles. The standard InChI is InChI=1S/C31H57N11O11/c1-14(2)9-17(32)25(47)40-19(10-15(3)4)27(49)42-24(16(5)44)29(51)37-12-23(46)38-20(11-22(33)45)26(48)41-21(13-43)28(50)39-18(30(52)53)7-6-8-36-31(34)35/h14-21,24,43-44H,6-13,32H2,1-5H3,(H2,33,45)(H,37,51)(H,38,46)(H,39,50)(H,40,47)(H,41,48)(H,42,49)(H,52,53)(H4,34,35,36)/t16-,17+,18+,19+,20+,21+,24+/m1/s1. The molecule has 0 bridgehead atoms. The molecule has 0 radical (unpaired) electrons. The van der Waals surface area contributed by atoms with Gasteiger partial charge in [-0.2, -0.15) is 0 Å². The molecule has 0 aliphatic carbocycles. The van der Waals surface area contributed by atoms with E-state index < -0.39 is 109 Å². The molecule has 0 saturated carbocycles. The van der Waals surface area contributed by atoms with Gasteiger partial charge in [0.2, 0.25) is 41.4 Å². The van der Waals surface area contributed by atoms with Crippen LogP contribution in [0.25, 0.3) is 0 Å². The third-order valence-corrected chi connectivity index (χ3v) is 7.32. The minimum Gasteiger partial charge on any atom is -0.480 e. The lowest BCUT2D eigenvalue weighted by molar-refractivity contribution is -0.143. The first kappa shape index (κ1) is 47.9. The van der Waals surface area contributed by atoms with Crippen molar-refractivity contribution >= 4 is 53.3 Å². The first-order valence-electron chi connectivity index (χ1n) is 17.0. The number of guanidine groups is 1. The van der Waals surface area contributed by atoms with Crippen molar-refractivity contribution in [1.82, 2.24) is 31.9 Å². The van der Waals surface area contributed by atoms with Crippen molar-refractivity contribution in [3.63, 3.8) is 0 Å². The van der Waals surface area contributed by atoms with Crippen molar-refractivity contribution in [2.45, 2.75) is 109 Å². The number of aliphatic imine (C=N–C) groups is 1. The van der Waals surface area contributed by atoms with E-state index in [4.69, 9.17) is 22.9 Å². The SMILES string of the molecule is CC(C)C[C@H](NC(=O)[C@@H](N)CC(C)C)C(=O)N[C@H](C(=O)NCC(=O)N[C@@H](CC(N)=O)C(=O)N[C@@H](CO)C(=O)N[C@@H](CCCN=C(N)N)C(=O)O)[C@@H](C)O. The van der Waals surface area contributed by atoms with Crippen molar-refractivity contribution in [3.05, 3.63) is 0 Å². The van der Waals surface area contributed by atoms with Crippen molar-refractivity contribution in [2.75, 3.05) is 19.7 Å². The van der Waals surface area contributed by atoms with Crippen molar-refractivity contribution < 1.29 is 53.7 Å². The third kappa shape index (κ3) is 19.9. The van der Waals surface area contributed by atoms with E-state index >= 15 is 0 Å².